The number of nitrogens with one attached hydrogen (secondary N) is 1. The molecule has 2 aliphatic rings. The minimum atomic E-state index is -4.55. The maximum atomic E-state index is 13.2. The Hall–Kier alpha value is -0.820. The number of nitrogens with zero attached hydrogens (tertiary/aromatic N) is 1. The van der Waals surface area contributed by atoms with Crippen LogP contribution in [0.4, 0.5) is 13.2 Å². The van der Waals surface area contributed by atoms with Crippen molar-refractivity contribution in [2.45, 2.75) is 31.5 Å². The van der Waals surface area contributed by atoms with Gasteiger partial charge in [0, 0.05) is 19.1 Å². The number of alkyl halides is 3. The zero-order valence-electron chi connectivity index (χ0n) is 9.96. The average molecular weight is 266 g/mol. The zero-order valence-corrected chi connectivity index (χ0v) is 9.96. The van der Waals surface area contributed by atoms with Crippen LogP contribution in [-0.4, -0.2) is 54.4 Å². The number of carbonyl (C=O) groups excluding carboxylic acids is 1. The highest BCUT2D eigenvalue weighted by Crippen LogP contribution is 2.45. The Morgan fingerprint density at radius 2 is 2.11 bits per heavy atom. The van der Waals surface area contributed by atoms with E-state index >= 15 is 0 Å². The Labute approximate surface area is 103 Å². The van der Waals surface area contributed by atoms with E-state index in [0.29, 0.717) is 0 Å². The van der Waals surface area contributed by atoms with Gasteiger partial charge in [0.1, 0.15) is 0 Å². The van der Waals surface area contributed by atoms with Crippen LogP contribution in [0.2, 0.25) is 0 Å². The molecule has 2 rings (SSSR count). The number of amides is 1. The lowest BCUT2D eigenvalue weighted by Gasteiger charge is -2.35. The summed E-state index contributed by atoms with van der Waals surface area (Å²) in [7, 11) is 0. The van der Waals surface area contributed by atoms with Crippen molar-refractivity contribution in [1.29, 1.82) is 0 Å². The minimum Gasteiger partial charge on any atom is -0.395 e. The van der Waals surface area contributed by atoms with Crippen LogP contribution in [0.25, 0.3) is 0 Å². The molecule has 1 aliphatic carbocycles. The molecule has 0 radical (unpaired) electrons. The highest BCUT2D eigenvalue weighted by molar-refractivity contribution is 5.85. The van der Waals surface area contributed by atoms with Crippen LogP contribution >= 0.6 is 0 Å². The van der Waals surface area contributed by atoms with Crippen LogP contribution in [0, 0.1) is 5.41 Å². The van der Waals surface area contributed by atoms with Crippen molar-refractivity contribution in [1.82, 2.24) is 10.2 Å². The number of aliphatic hydroxyl groups is 1. The highest BCUT2D eigenvalue weighted by atomic mass is 19.4. The molecule has 7 heteroatoms. The zero-order chi connectivity index (χ0) is 13.4. The standard InChI is InChI=1S/C11H17F3N2O2/c12-11(13,14)10(3-4-15-7-10)9(18)16(5-6-17)8-1-2-8/h8,15,17H,1-7H2. The fourth-order valence-electron chi connectivity index (χ4n) is 2.46. The van der Waals surface area contributed by atoms with Gasteiger partial charge in [-0.1, -0.05) is 0 Å². The molecule has 1 aliphatic heterocycles. The molecule has 2 N–H and O–H groups in total. The van der Waals surface area contributed by atoms with Gasteiger partial charge < -0.3 is 15.3 Å². The first kappa shape index (κ1) is 13.6. The van der Waals surface area contributed by atoms with Crippen molar-refractivity contribution in [3.8, 4) is 0 Å². The third-order valence-corrected chi connectivity index (χ3v) is 3.70. The minimum absolute atomic E-state index is 0.0126. The predicted octanol–water partition coefficient (Wildman–Crippen LogP) is 0.512. The van der Waals surface area contributed by atoms with Crippen molar-refractivity contribution >= 4 is 5.91 Å². The van der Waals surface area contributed by atoms with E-state index in [1.807, 2.05) is 0 Å². The first-order valence-electron chi connectivity index (χ1n) is 6.12. The van der Waals surface area contributed by atoms with Crippen LogP contribution in [0.3, 0.4) is 0 Å². The monoisotopic (exact) mass is 266 g/mol. The highest BCUT2D eigenvalue weighted by Gasteiger charge is 2.63. The Morgan fingerprint density at radius 1 is 1.44 bits per heavy atom. The molecule has 18 heavy (non-hydrogen) atoms. The van der Waals surface area contributed by atoms with E-state index in [2.05, 4.69) is 5.32 Å². The van der Waals surface area contributed by atoms with Crippen LogP contribution in [0.1, 0.15) is 19.3 Å². The van der Waals surface area contributed by atoms with Gasteiger partial charge in [0.05, 0.1) is 6.61 Å². The van der Waals surface area contributed by atoms with E-state index in [4.69, 9.17) is 5.11 Å². The molecule has 1 unspecified atom stereocenters. The maximum absolute atomic E-state index is 13.2. The van der Waals surface area contributed by atoms with E-state index in [9.17, 15) is 18.0 Å². The van der Waals surface area contributed by atoms with Crippen molar-refractivity contribution in [3.63, 3.8) is 0 Å². The Morgan fingerprint density at radius 3 is 2.50 bits per heavy atom. The molecule has 0 aromatic rings. The second-order valence-corrected chi connectivity index (χ2v) is 4.96. The van der Waals surface area contributed by atoms with E-state index in [0.717, 1.165) is 12.8 Å². The number of rotatable bonds is 4. The van der Waals surface area contributed by atoms with Crippen molar-refractivity contribution in [2.75, 3.05) is 26.2 Å². The number of hydrogen-bond acceptors (Lipinski definition) is 3. The first-order chi connectivity index (χ1) is 8.42. The summed E-state index contributed by atoms with van der Waals surface area (Å²) in [5, 5.41) is 11.5. The molecule has 2 fully saturated rings. The van der Waals surface area contributed by atoms with E-state index in [-0.39, 0.29) is 38.7 Å². The van der Waals surface area contributed by atoms with Gasteiger partial charge in [-0.3, -0.25) is 4.79 Å². The predicted molar refractivity (Wildman–Crippen MR) is 57.8 cm³/mol. The topological polar surface area (TPSA) is 52.6 Å². The van der Waals surface area contributed by atoms with Gasteiger partial charge in [-0.15, -0.1) is 0 Å². The van der Waals surface area contributed by atoms with Gasteiger partial charge in [0.15, 0.2) is 5.41 Å². The summed E-state index contributed by atoms with van der Waals surface area (Å²) in [6, 6.07) is -0.121. The van der Waals surface area contributed by atoms with Gasteiger partial charge in [0.2, 0.25) is 5.91 Å². The van der Waals surface area contributed by atoms with E-state index in [1.165, 1.54) is 4.90 Å². The third kappa shape index (κ3) is 2.21. The Kier molecular flexibility index (Phi) is 3.55. The van der Waals surface area contributed by atoms with Crippen LogP contribution < -0.4 is 5.32 Å². The second kappa shape index (κ2) is 4.70. The van der Waals surface area contributed by atoms with Crippen molar-refractivity contribution in [3.05, 3.63) is 0 Å². The van der Waals surface area contributed by atoms with Gasteiger partial charge >= 0.3 is 6.18 Å². The van der Waals surface area contributed by atoms with Crippen LogP contribution in [0.15, 0.2) is 0 Å². The molecule has 0 aromatic heterocycles. The summed E-state index contributed by atoms with van der Waals surface area (Å²) in [5.41, 5.74) is -2.30. The Bertz CT molecular complexity index is 323. The summed E-state index contributed by atoms with van der Waals surface area (Å²) in [4.78, 5) is 13.4. The fraction of sp³-hybridized carbons (Fsp3) is 0.909. The van der Waals surface area contributed by atoms with Crippen LogP contribution in [-0.2, 0) is 4.79 Å². The van der Waals surface area contributed by atoms with Crippen molar-refractivity contribution in [2.24, 2.45) is 5.41 Å². The molecular weight excluding hydrogens is 249 g/mol. The normalized spacial score (nSPS) is 28.4. The third-order valence-electron chi connectivity index (χ3n) is 3.70. The molecule has 1 saturated carbocycles. The SMILES string of the molecule is O=C(N(CCO)C1CC1)C1(C(F)(F)F)CCNC1. The molecule has 4 nitrogen and oxygen atoms in total. The molecule has 1 saturated heterocycles. The lowest BCUT2D eigenvalue weighted by Crippen LogP contribution is -2.54. The van der Waals surface area contributed by atoms with Gasteiger partial charge in [-0.2, -0.15) is 13.2 Å². The Balaban J connectivity index is 2.22. The number of halogens is 3. The summed E-state index contributed by atoms with van der Waals surface area (Å²) >= 11 is 0. The lowest BCUT2D eigenvalue weighted by atomic mass is 9.84. The molecule has 1 atom stereocenters. The fourth-order valence-corrected chi connectivity index (χ4v) is 2.46. The van der Waals surface area contributed by atoms with E-state index < -0.39 is 17.5 Å². The summed E-state index contributed by atoms with van der Waals surface area (Å²) in [6.07, 6.45) is -3.31. The summed E-state index contributed by atoms with van der Waals surface area (Å²) in [5.74, 6) is -0.878. The van der Waals surface area contributed by atoms with Gasteiger partial charge in [-0.25, -0.2) is 0 Å². The molecule has 104 valence electrons. The summed E-state index contributed by atoms with van der Waals surface area (Å²) in [6.45, 7) is -0.474. The molecular formula is C11H17F3N2O2. The molecule has 0 spiro atoms. The van der Waals surface area contributed by atoms with Gasteiger partial charge in [0.25, 0.3) is 0 Å². The molecule has 1 heterocycles. The lowest BCUT2D eigenvalue weighted by molar-refractivity contribution is -0.222. The number of hydrogen-bond donors (Lipinski definition) is 2. The smallest absolute Gasteiger partial charge is 0.395 e. The van der Waals surface area contributed by atoms with E-state index in [1.54, 1.807) is 0 Å². The molecule has 0 aromatic carbocycles. The van der Waals surface area contributed by atoms with Crippen molar-refractivity contribution < 1.29 is 23.1 Å². The molecule has 0 bridgehead atoms. The van der Waals surface area contributed by atoms with Crippen LogP contribution in [0.5, 0.6) is 0 Å². The second-order valence-electron chi connectivity index (χ2n) is 4.96. The average Bonchev–Trinajstić information content (AvgIpc) is 2.99. The largest absolute Gasteiger partial charge is 0.404 e. The summed E-state index contributed by atoms with van der Waals surface area (Å²) < 4.78 is 39.6. The number of aliphatic hydroxyl groups excluding tert-OH is 1. The molecule has 1 amide bonds. The number of carbonyl (C=O) groups is 1. The maximum Gasteiger partial charge on any atom is 0.404 e. The van der Waals surface area contributed by atoms with Gasteiger partial charge in [-0.05, 0) is 25.8 Å². The quantitative estimate of drug-likeness (QED) is 0.779. The first-order valence-corrected chi connectivity index (χ1v) is 6.12.